The Hall–Kier alpha value is -1.30. The molecule has 94 valence electrons. The molecule has 0 aliphatic heterocycles. The average Bonchev–Trinajstić information content (AvgIpc) is 2.09. The molecule has 0 saturated carbocycles. The third kappa shape index (κ3) is 4.97. The number of carboxylic acid groups (broad SMARTS) is 1. The van der Waals surface area contributed by atoms with Crippen LogP contribution in [0, 0.1) is 0 Å². The van der Waals surface area contributed by atoms with Crippen molar-refractivity contribution in [2.45, 2.75) is 39.3 Å². The van der Waals surface area contributed by atoms with E-state index in [0.717, 1.165) is 4.90 Å². The molecule has 0 spiro atoms. The highest BCUT2D eigenvalue weighted by atomic mass is 16.6. The molecule has 0 aromatic rings. The molecule has 0 rings (SSSR count). The van der Waals surface area contributed by atoms with Crippen LogP contribution in [0.15, 0.2) is 0 Å². The van der Waals surface area contributed by atoms with Crippen molar-refractivity contribution in [1.29, 1.82) is 0 Å². The van der Waals surface area contributed by atoms with Crippen molar-refractivity contribution in [2.75, 3.05) is 13.1 Å². The van der Waals surface area contributed by atoms with Crippen molar-refractivity contribution in [2.24, 2.45) is 5.73 Å². The molecular weight excluding hydrogens is 212 g/mol. The molecule has 0 aliphatic carbocycles. The van der Waals surface area contributed by atoms with Crippen LogP contribution < -0.4 is 5.73 Å². The predicted octanol–water partition coefficient (Wildman–Crippen LogP) is 0.655. The molecule has 0 bridgehead atoms. The summed E-state index contributed by atoms with van der Waals surface area (Å²) >= 11 is 0. The SMILES string of the molecule is CC(C(=O)O)N(CCN)C(=O)OC(C)(C)C. The largest absolute Gasteiger partial charge is 0.480 e. The lowest BCUT2D eigenvalue weighted by molar-refractivity contribution is -0.142. The second-order valence-corrected chi connectivity index (χ2v) is 4.48. The van der Waals surface area contributed by atoms with Gasteiger partial charge in [-0.25, -0.2) is 9.59 Å². The van der Waals surface area contributed by atoms with E-state index < -0.39 is 23.7 Å². The maximum Gasteiger partial charge on any atom is 0.411 e. The molecule has 1 unspecified atom stereocenters. The van der Waals surface area contributed by atoms with E-state index in [0.29, 0.717) is 0 Å². The molecule has 16 heavy (non-hydrogen) atoms. The van der Waals surface area contributed by atoms with Crippen LogP contribution in [0.5, 0.6) is 0 Å². The molecule has 6 nitrogen and oxygen atoms in total. The molecule has 3 N–H and O–H groups in total. The summed E-state index contributed by atoms with van der Waals surface area (Å²) in [6, 6.07) is -0.946. The van der Waals surface area contributed by atoms with E-state index in [1.807, 2.05) is 0 Å². The standard InChI is InChI=1S/C10H20N2O4/c1-7(8(13)14)12(6-5-11)9(15)16-10(2,3)4/h7H,5-6,11H2,1-4H3,(H,13,14). The molecule has 0 radical (unpaired) electrons. The number of carbonyl (C=O) groups excluding carboxylic acids is 1. The fourth-order valence-corrected chi connectivity index (χ4v) is 1.04. The molecule has 1 atom stereocenters. The van der Waals surface area contributed by atoms with Gasteiger partial charge in [-0.3, -0.25) is 4.90 Å². The van der Waals surface area contributed by atoms with Crippen LogP contribution >= 0.6 is 0 Å². The molecular formula is C10H20N2O4. The Morgan fingerprint density at radius 3 is 2.25 bits per heavy atom. The number of ether oxygens (including phenoxy) is 1. The summed E-state index contributed by atoms with van der Waals surface area (Å²) in [5.41, 5.74) is 4.68. The second kappa shape index (κ2) is 5.69. The zero-order chi connectivity index (χ0) is 12.9. The van der Waals surface area contributed by atoms with E-state index in [9.17, 15) is 9.59 Å². The van der Waals surface area contributed by atoms with E-state index in [-0.39, 0.29) is 13.1 Å². The van der Waals surface area contributed by atoms with Crippen molar-refractivity contribution >= 4 is 12.1 Å². The highest BCUT2D eigenvalue weighted by molar-refractivity contribution is 5.79. The summed E-state index contributed by atoms with van der Waals surface area (Å²) in [4.78, 5) is 23.6. The van der Waals surface area contributed by atoms with E-state index in [2.05, 4.69) is 0 Å². The van der Waals surface area contributed by atoms with Crippen molar-refractivity contribution in [1.82, 2.24) is 4.90 Å². The Balaban J connectivity index is 4.65. The number of nitrogens with zero attached hydrogens (tertiary/aromatic N) is 1. The van der Waals surface area contributed by atoms with Gasteiger partial charge in [0.05, 0.1) is 0 Å². The highest BCUT2D eigenvalue weighted by Gasteiger charge is 2.28. The maximum absolute atomic E-state index is 11.7. The van der Waals surface area contributed by atoms with E-state index in [1.54, 1.807) is 20.8 Å². The topological polar surface area (TPSA) is 92.9 Å². The first-order valence-corrected chi connectivity index (χ1v) is 5.11. The van der Waals surface area contributed by atoms with Gasteiger partial charge in [0.1, 0.15) is 11.6 Å². The number of amides is 1. The van der Waals surface area contributed by atoms with E-state index >= 15 is 0 Å². The van der Waals surface area contributed by atoms with Gasteiger partial charge >= 0.3 is 12.1 Å². The zero-order valence-electron chi connectivity index (χ0n) is 10.2. The van der Waals surface area contributed by atoms with Crippen LogP contribution in [0.3, 0.4) is 0 Å². The summed E-state index contributed by atoms with van der Waals surface area (Å²) in [7, 11) is 0. The molecule has 6 heteroatoms. The molecule has 0 aromatic carbocycles. The predicted molar refractivity (Wildman–Crippen MR) is 59.1 cm³/mol. The van der Waals surface area contributed by atoms with Gasteiger partial charge in [-0.2, -0.15) is 0 Å². The lowest BCUT2D eigenvalue weighted by atomic mass is 10.2. The summed E-state index contributed by atoms with van der Waals surface area (Å²) in [6.45, 7) is 6.92. The van der Waals surface area contributed by atoms with Crippen molar-refractivity contribution in [3.8, 4) is 0 Å². The van der Waals surface area contributed by atoms with Gasteiger partial charge in [0, 0.05) is 13.1 Å². The van der Waals surface area contributed by atoms with Gasteiger partial charge in [0.15, 0.2) is 0 Å². The van der Waals surface area contributed by atoms with Crippen molar-refractivity contribution < 1.29 is 19.4 Å². The Bertz CT molecular complexity index is 260. The van der Waals surface area contributed by atoms with Crippen LogP contribution in [0.2, 0.25) is 0 Å². The van der Waals surface area contributed by atoms with Crippen molar-refractivity contribution in [3.63, 3.8) is 0 Å². The fourth-order valence-electron chi connectivity index (χ4n) is 1.04. The molecule has 0 saturated heterocycles. The number of hydrogen-bond donors (Lipinski definition) is 2. The Labute approximate surface area is 95.4 Å². The van der Waals surface area contributed by atoms with Gasteiger partial charge in [-0.05, 0) is 27.7 Å². The van der Waals surface area contributed by atoms with E-state index in [1.165, 1.54) is 6.92 Å². The Morgan fingerprint density at radius 2 is 1.94 bits per heavy atom. The second-order valence-electron chi connectivity index (χ2n) is 4.48. The maximum atomic E-state index is 11.7. The highest BCUT2D eigenvalue weighted by Crippen LogP contribution is 2.11. The average molecular weight is 232 g/mol. The van der Waals surface area contributed by atoms with Crippen LogP contribution in [-0.4, -0.2) is 46.8 Å². The Kier molecular flexibility index (Phi) is 5.23. The lowest BCUT2D eigenvalue weighted by Gasteiger charge is -2.29. The quantitative estimate of drug-likeness (QED) is 0.742. The number of carbonyl (C=O) groups is 2. The number of nitrogens with two attached hydrogens (primary N) is 1. The first-order chi connectivity index (χ1) is 7.19. The fraction of sp³-hybridized carbons (Fsp3) is 0.800. The minimum atomic E-state index is -1.08. The Morgan fingerprint density at radius 1 is 1.44 bits per heavy atom. The number of carboxylic acids is 1. The first kappa shape index (κ1) is 14.7. The lowest BCUT2D eigenvalue weighted by Crippen LogP contribution is -2.47. The number of hydrogen-bond acceptors (Lipinski definition) is 4. The van der Waals surface area contributed by atoms with Gasteiger partial charge < -0.3 is 15.6 Å². The summed E-state index contributed by atoms with van der Waals surface area (Å²) in [6.07, 6.45) is -0.659. The van der Waals surface area contributed by atoms with Gasteiger partial charge in [-0.1, -0.05) is 0 Å². The molecule has 0 heterocycles. The molecule has 1 amide bonds. The molecule has 0 aromatic heterocycles. The number of rotatable bonds is 4. The summed E-state index contributed by atoms with van der Waals surface area (Å²) < 4.78 is 5.09. The van der Waals surface area contributed by atoms with E-state index in [4.69, 9.17) is 15.6 Å². The molecule has 0 fully saturated rings. The third-order valence-corrected chi connectivity index (χ3v) is 1.82. The zero-order valence-corrected chi connectivity index (χ0v) is 10.2. The van der Waals surface area contributed by atoms with Gasteiger partial charge in [-0.15, -0.1) is 0 Å². The van der Waals surface area contributed by atoms with Crippen molar-refractivity contribution in [3.05, 3.63) is 0 Å². The van der Waals surface area contributed by atoms with Crippen LogP contribution in [0.4, 0.5) is 4.79 Å². The van der Waals surface area contributed by atoms with Crippen LogP contribution in [-0.2, 0) is 9.53 Å². The van der Waals surface area contributed by atoms with Crippen LogP contribution in [0.1, 0.15) is 27.7 Å². The van der Waals surface area contributed by atoms with Crippen LogP contribution in [0.25, 0.3) is 0 Å². The normalized spacial score (nSPS) is 13.1. The summed E-state index contributed by atoms with van der Waals surface area (Å²) in [5.74, 6) is -1.08. The third-order valence-electron chi connectivity index (χ3n) is 1.82. The monoisotopic (exact) mass is 232 g/mol. The smallest absolute Gasteiger partial charge is 0.411 e. The molecule has 0 aliphatic rings. The number of aliphatic carboxylic acids is 1. The summed E-state index contributed by atoms with van der Waals surface area (Å²) in [5, 5.41) is 8.84. The minimum absolute atomic E-state index is 0.155. The van der Waals surface area contributed by atoms with Gasteiger partial charge in [0.2, 0.25) is 0 Å². The first-order valence-electron chi connectivity index (χ1n) is 5.11. The van der Waals surface area contributed by atoms with Gasteiger partial charge in [0.25, 0.3) is 0 Å². The minimum Gasteiger partial charge on any atom is -0.480 e.